The molecule has 0 amide bonds. The van der Waals surface area contributed by atoms with E-state index in [4.69, 9.17) is 4.74 Å². The van der Waals surface area contributed by atoms with E-state index in [1.807, 2.05) is 16.9 Å². The highest BCUT2D eigenvalue weighted by molar-refractivity contribution is 7.09. The summed E-state index contributed by atoms with van der Waals surface area (Å²) in [6.45, 7) is 5.81. The van der Waals surface area contributed by atoms with Crippen LogP contribution in [-0.4, -0.2) is 79.8 Å². The molecule has 0 saturated carbocycles. The number of carbonyl (C=O) groups excluding carboxylic acids is 1. The van der Waals surface area contributed by atoms with Crippen molar-refractivity contribution >= 4 is 34.3 Å². The Bertz CT molecular complexity index is 954. The van der Waals surface area contributed by atoms with E-state index in [1.54, 1.807) is 12.5 Å². The van der Waals surface area contributed by atoms with E-state index in [2.05, 4.69) is 29.7 Å². The third-order valence-electron chi connectivity index (χ3n) is 4.82. The van der Waals surface area contributed by atoms with Crippen LogP contribution >= 0.6 is 11.3 Å². The van der Waals surface area contributed by atoms with Crippen molar-refractivity contribution in [3.63, 3.8) is 0 Å². The van der Waals surface area contributed by atoms with Gasteiger partial charge >= 0.3 is 5.97 Å². The number of anilines is 1. The highest BCUT2D eigenvalue weighted by atomic mass is 32.1. The zero-order valence-electron chi connectivity index (χ0n) is 16.1. The quantitative estimate of drug-likeness (QED) is 0.556. The highest BCUT2D eigenvalue weighted by Gasteiger charge is 2.23. The molecule has 29 heavy (non-hydrogen) atoms. The van der Waals surface area contributed by atoms with Crippen LogP contribution in [0, 0.1) is 0 Å². The molecule has 0 bridgehead atoms. The summed E-state index contributed by atoms with van der Waals surface area (Å²) in [6.07, 6.45) is 4.17. The smallest absolute Gasteiger partial charge is 0.320 e. The number of nitrogens with zero attached hydrogens (tertiary/aromatic N) is 7. The second kappa shape index (κ2) is 8.80. The van der Waals surface area contributed by atoms with Gasteiger partial charge in [0.1, 0.15) is 17.4 Å². The number of aromatic nitrogens is 5. The van der Waals surface area contributed by atoms with Gasteiger partial charge in [0.25, 0.3) is 0 Å². The lowest BCUT2D eigenvalue weighted by Gasteiger charge is -2.34. The Morgan fingerprint density at radius 2 is 2.07 bits per heavy atom. The number of rotatable bonds is 7. The van der Waals surface area contributed by atoms with Gasteiger partial charge in [0.15, 0.2) is 17.0 Å². The molecule has 1 aliphatic rings. The van der Waals surface area contributed by atoms with Gasteiger partial charge in [0.2, 0.25) is 0 Å². The first-order valence-corrected chi connectivity index (χ1v) is 10.4. The van der Waals surface area contributed by atoms with Crippen molar-refractivity contribution in [3.05, 3.63) is 29.2 Å². The summed E-state index contributed by atoms with van der Waals surface area (Å²) in [5.74, 6) is 0.580. The number of piperazine rings is 1. The van der Waals surface area contributed by atoms with Crippen LogP contribution in [0.25, 0.3) is 11.2 Å². The number of thiazole rings is 1. The Kier molecular flexibility index (Phi) is 5.97. The van der Waals surface area contributed by atoms with Gasteiger partial charge in [-0.25, -0.2) is 19.9 Å². The first-order chi connectivity index (χ1) is 14.2. The lowest BCUT2D eigenvalue weighted by molar-refractivity contribution is -0.144. The fourth-order valence-electron chi connectivity index (χ4n) is 3.40. The predicted octanol–water partition coefficient (Wildman–Crippen LogP) is 0.701. The molecule has 10 nitrogen and oxygen atoms in total. The topological polar surface area (TPSA) is 110 Å². The Morgan fingerprint density at radius 3 is 2.79 bits per heavy atom. The average molecular weight is 417 g/mol. The van der Waals surface area contributed by atoms with E-state index in [0.717, 1.165) is 32.0 Å². The number of aliphatic hydroxyl groups is 1. The minimum absolute atomic E-state index is 0.192. The normalized spacial score (nSPS) is 16.3. The molecule has 4 rings (SSSR count). The molecule has 1 atom stereocenters. The van der Waals surface area contributed by atoms with Gasteiger partial charge in [-0.2, -0.15) is 0 Å². The molecule has 3 aromatic rings. The van der Waals surface area contributed by atoms with Crippen molar-refractivity contribution in [2.45, 2.75) is 19.6 Å². The molecule has 4 heterocycles. The molecular weight excluding hydrogens is 394 g/mol. The van der Waals surface area contributed by atoms with E-state index in [0.29, 0.717) is 35.9 Å². The Balaban J connectivity index is 1.45. The SMILES string of the molecule is CCOC(=O)CN1CCN(c2ncnc3c2ncn3CC(O)c2nccs2)CC1. The number of esters is 1. The number of aliphatic hydroxyl groups excluding tert-OH is 1. The van der Waals surface area contributed by atoms with Crippen molar-refractivity contribution in [1.29, 1.82) is 0 Å². The molecule has 1 fully saturated rings. The lowest BCUT2D eigenvalue weighted by Crippen LogP contribution is -2.48. The number of hydrogen-bond acceptors (Lipinski definition) is 10. The van der Waals surface area contributed by atoms with E-state index >= 15 is 0 Å². The van der Waals surface area contributed by atoms with Crippen molar-refractivity contribution in [2.24, 2.45) is 0 Å². The van der Waals surface area contributed by atoms with Crippen molar-refractivity contribution in [1.82, 2.24) is 29.4 Å². The van der Waals surface area contributed by atoms with Crippen LogP contribution in [0.15, 0.2) is 24.2 Å². The summed E-state index contributed by atoms with van der Waals surface area (Å²) in [5, 5.41) is 12.9. The third-order valence-corrected chi connectivity index (χ3v) is 5.69. The number of hydrogen-bond donors (Lipinski definition) is 1. The third kappa shape index (κ3) is 4.36. The molecule has 1 aliphatic heterocycles. The lowest BCUT2D eigenvalue weighted by atomic mass is 10.3. The first kappa shape index (κ1) is 19.7. The maximum absolute atomic E-state index is 11.7. The molecule has 1 N–H and O–H groups in total. The zero-order valence-corrected chi connectivity index (χ0v) is 17.0. The number of imidazole rings is 1. The van der Waals surface area contributed by atoms with Crippen molar-refractivity contribution in [2.75, 3.05) is 44.2 Å². The van der Waals surface area contributed by atoms with E-state index < -0.39 is 6.10 Å². The maximum Gasteiger partial charge on any atom is 0.320 e. The van der Waals surface area contributed by atoms with Crippen LogP contribution in [0.2, 0.25) is 0 Å². The van der Waals surface area contributed by atoms with Gasteiger partial charge in [0.05, 0.1) is 26.0 Å². The monoisotopic (exact) mass is 417 g/mol. The van der Waals surface area contributed by atoms with Gasteiger partial charge in [-0.15, -0.1) is 11.3 Å². The second-order valence-corrected chi connectivity index (χ2v) is 7.65. The summed E-state index contributed by atoms with van der Waals surface area (Å²) < 4.78 is 6.85. The van der Waals surface area contributed by atoms with Gasteiger partial charge in [-0.3, -0.25) is 9.69 Å². The Hall–Kier alpha value is -2.63. The fourth-order valence-corrected chi connectivity index (χ4v) is 4.02. The number of ether oxygens (including phenoxy) is 1. The van der Waals surface area contributed by atoms with Crippen LogP contribution in [0.1, 0.15) is 18.0 Å². The minimum Gasteiger partial charge on any atom is -0.465 e. The largest absolute Gasteiger partial charge is 0.465 e. The average Bonchev–Trinajstić information content (AvgIpc) is 3.39. The van der Waals surface area contributed by atoms with Gasteiger partial charge in [-0.05, 0) is 6.92 Å². The summed E-state index contributed by atoms with van der Waals surface area (Å²) in [4.78, 5) is 33.4. The molecule has 0 spiro atoms. The molecule has 11 heteroatoms. The Labute approximate surface area is 171 Å². The second-order valence-electron chi connectivity index (χ2n) is 6.72. The first-order valence-electron chi connectivity index (χ1n) is 9.52. The predicted molar refractivity (Wildman–Crippen MR) is 108 cm³/mol. The summed E-state index contributed by atoms with van der Waals surface area (Å²) >= 11 is 1.42. The molecule has 1 saturated heterocycles. The minimum atomic E-state index is -0.711. The summed E-state index contributed by atoms with van der Waals surface area (Å²) in [7, 11) is 0. The summed E-state index contributed by atoms with van der Waals surface area (Å²) in [6, 6.07) is 0. The molecular formula is C18H23N7O3S. The van der Waals surface area contributed by atoms with E-state index in [-0.39, 0.29) is 5.97 Å². The molecule has 3 aromatic heterocycles. The van der Waals surface area contributed by atoms with E-state index in [1.165, 1.54) is 17.7 Å². The molecule has 0 radical (unpaired) electrons. The van der Waals surface area contributed by atoms with Gasteiger partial charge < -0.3 is 19.3 Å². The van der Waals surface area contributed by atoms with Crippen molar-refractivity contribution < 1.29 is 14.6 Å². The highest BCUT2D eigenvalue weighted by Crippen LogP contribution is 2.25. The van der Waals surface area contributed by atoms with Crippen molar-refractivity contribution in [3.8, 4) is 0 Å². The summed E-state index contributed by atoms with van der Waals surface area (Å²) in [5.41, 5.74) is 1.39. The van der Waals surface area contributed by atoms with Gasteiger partial charge in [0, 0.05) is 37.8 Å². The molecule has 0 aliphatic carbocycles. The standard InChI is InChI=1S/C18H23N7O3S/c1-2-28-14(27)10-23-4-6-24(7-5-23)16-15-17(21-11-20-16)25(12-22-15)9-13(26)18-19-3-8-29-18/h3,8,11-13,26H,2,4-7,9-10H2,1H3. The molecule has 0 aromatic carbocycles. The van der Waals surface area contributed by atoms with Crippen LogP contribution in [-0.2, 0) is 16.1 Å². The van der Waals surface area contributed by atoms with Crippen LogP contribution < -0.4 is 4.90 Å². The van der Waals surface area contributed by atoms with Crippen LogP contribution in [0.5, 0.6) is 0 Å². The molecule has 1 unspecified atom stereocenters. The zero-order chi connectivity index (χ0) is 20.2. The van der Waals surface area contributed by atoms with Crippen LogP contribution in [0.4, 0.5) is 5.82 Å². The number of fused-ring (bicyclic) bond motifs is 1. The Morgan fingerprint density at radius 1 is 1.24 bits per heavy atom. The number of carbonyl (C=O) groups is 1. The van der Waals surface area contributed by atoms with Gasteiger partial charge in [-0.1, -0.05) is 0 Å². The molecule has 154 valence electrons. The van der Waals surface area contributed by atoms with E-state index in [9.17, 15) is 9.90 Å². The fraction of sp³-hybridized carbons (Fsp3) is 0.500. The van der Waals surface area contributed by atoms with Crippen LogP contribution in [0.3, 0.4) is 0 Å². The maximum atomic E-state index is 11.7.